The summed E-state index contributed by atoms with van der Waals surface area (Å²) in [7, 11) is 3.62. The Morgan fingerprint density at radius 1 is 1.22 bits per heavy atom. The molecule has 0 radical (unpaired) electrons. The fraction of sp³-hybridized carbons (Fsp3) is 0.389. The Morgan fingerprint density at radius 3 is 2.65 bits per heavy atom. The highest BCUT2D eigenvalue weighted by Gasteiger charge is 2.24. The Bertz CT molecular complexity index is 690. The third-order valence-corrected chi connectivity index (χ3v) is 4.45. The molecule has 1 aliphatic rings. The summed E-state index contributed by atoms with van der Waals surface area (Å²) in [5.74, 6) is 0.915. The lowest BCUT2D eigenvalue weighted by Crippen LogP contribution is -2.47. The maximum atomic E-state index is 12.9. The summed E-state index contributed by atoms with van der Waals surface area (Å²) in [6.07, 6.45) is 2.18. The number of ether oxygens (including phenoxy) is 1. The van der Waals surface area contributed by atoms with Crippen molar-refractivity contribution in [3.05, 3.63) is 42.0 Å². The van der Waals surface area contributed by atoms with Crippen LogP contribution in [0.25, 0.3) is 10.8 Å². The number of piperidine rings is 1. The summed E-state index contributed by atoms with van der Waals surface area (Å²) in [6.45, 7) is 1.60. The van der Waals surface area contributed by atoms with Crippen molar-refractivity contribution in [3.8, 4) is 5.75 Å². The molecule has 0 spiro atoms. The molecule has 4 nitrogen and oxygen atoms in total. The second kappa shape index (κ2) is 7.66. The predicted molar refractivity (Wildman–Crippen MR) is 95.7 cm³/mol. The largest absolute Gasteiger partial charge is 0.496 e. The number of nitrogens with zero attached hydrogens (tertiary/aromatic N) is 1. The highest BCUT2D eigenvalue weighted by atomic mass is 35.5. The van der Waals surface area contributed by atoms with Crippen molar-refractivity contribution in [2.24, 2.45) is 0 Å². The van der Waals surface area contributed by atoms with Gasteiger partial charge in [0.05, 0.1) is 7.11 Å². The van der Waals surface area contributed by atoms with Crippen molar-refractivity contribution in [3.63, 3.8) is 0 Å². The van der Waals surface area contributed by atoms with Gasteiger partial charge in [-0.1, -0.05) is 24.3 Å². The summed E-state index contributed by atoms with van der Waals surface area (Å²) < 4.78 is 5.41. The van der Waals surface area contributed by atoms with Gasteiger partial charge in [0, 0.05) is 30.1 Å². The van der Waals surface area contributed by atoms with E-state index >= 15 is 0 Å². The van der Waals surface area contributed by atoms with Crippen LogP contribution in [-0.2, 0) is 0 Å². The van der Waals surface area contributed by atoms with Gasteiger partial charge in [-0.25, -0.2) is 0 Å². The van der Waals surface area contributed by atoms with E-state index in [0.717, 1.165) is 48.0 Å². The number of hydrogen-bond acceptors (Lipinski definition) is 3. The van der Waals surface area contributed by atoms with E-state index in [1.54, 1.807) is 7.11 Å². The van der Waals surface area contributed by atoms with Crippen LogP contribution in [0, 0.1) is 0 Å². The molecule has 1 fully saturated rings. The molecule has 5 heteroatoms. The molecule has 1 unspecified atom stereocenters. The number of methoxy groups -OCH3 is 1. The Kier molecular flexibility index (Phi) is 5.85. The zero-order chi connectivity index (χ0) is 15.5. The molecule has 1 saturated heterocycles. The molecule has 1 atom stereocenters. The number of benzene rings is 2. The van der Waals surface area contributed by atoms with Gasteiger partial charge in [-0.3, -0.25) is 4.79 Å². The first-order valence-corrected chi connectivity index (χ1v) is 7.77. The lowest BCUT2D eigenvalue weighted by molar-refractivity contribution is 0.0700. The maximum absolute atomic E-state index is 12.9. The Balaban J connectivity index is 0.00000192. The number of likely N-dealkylation sites (tertiary alicyclic amines) is 1. The van der Waals surface area contributed by atoms with Gasteiger partial charge >= 0.3 is 0 Å². The van der Waals surface area contributed by atoms with Gasteiger partial charge in [0.2, 0.25) is 0 Å². The molecule has 23 heavy (non-hydrogen) atoms. The molecule has 3 rings (SSSR count). The number of carbonyl (C=O) groups is 1. The minimum atomic E-state index is 0. The van der Waals surface area contributed by atoms with Gasteiger partial charge in [-0.15, -0.1) is 12.4 Å². The SMILES string of the molecule is CNC1CCCN(C(=O)c2ccc(OC)c3ccccc23)C1.Cl. The van der Waals surface area contributed by atoms with E-state index in [-0.39, 0.29) is 18.3 Å². The molecular weight excluding hydrogens is 312 g/mol. The molecule has 2 aromatic rings. The predicted octanol–water partition coefficient (Wildman–Crippen LogP) is 3.09. The van der Waals surface area contributed by atoms with Gasteiger partial charge in [-0.2, -0.15) is 0 Å². The highest BCUT2D eigenvalue weighted by molar-refractivity contribution is 6.08. The fourth-order valence-electron chi connectivity index (χ4n) is 3.20. The second-order valence-corrected chi connectivity index (χ2v) is 5.74. The van der Waals surface area contributed by atoms with Crippen LogP contribution >= 0.6 is 12.4 Å². The van der Waals surface area contributed by atoms with Crippen LogP contribution in [0.1, 0.15) is 23.2 Å². The van der Waals surface area contributed by atoms with Crippen LogP contribution in [0.5, 0.6) is 5.75 Å². The van der Waals surface area contributed by atoms with E-state index < -0.39 is 0 Å². The van der Waals surface area contributed by atoms with Crippen molar-refractivity contribution in [1.29, 1.82) is 0 Å². The van der Waals surface area contributed by atoms with E-state index in [9.17, 15) is 4.79 Å². The first kappa shape index (κ1) is 17.6. The van der Waals surface area contributed by atoms with Gasteiger partial charge in [0.15, 0.2) is 0 Å². The lowest BCUT2D eigenvalue weighted by atomic mass is 10.0. The summed E-state index contributed by atoms with van der Waals surface area (Å²) in [6, 6.07) is 12.1. The van der Waals surface area contributed by atoms with Crippen LogP contribution in [0.15, 0.2) is 36.4 Å². The number of nitrogens with one attached hydrogen (secondary N) is 1. The zero-order valence-corrected chi connectivity index (χ0v) is 14.4. The molecule has 1 amide bonds. The topological polar surface area (TPSA) is 41.6 Å². The minimum Gasteiger partial charge on any atom is -0.496 e. The number of likely N-dealkylation sites (N-methyl/N-ethyl adjacent to an activating group) is 1. The first-order chi connectivity index (χ1) is 10.7. The molecule has 0 aliphatic carbocycles. The maximum Gasteiger partial charge on any atom is 0.254 e. The van der Waals surface area contributed by atoms with E-state index in [4.69, 9.17) is 4.74 Å². The summed E-state index contributed by atoms with van der Waals surface area (Å²) in [5.41, 5.74) is 0.758. The van der Waals surface area contributed by atoms with Crippen LogP contribution in [0.3, 0.4) is 0 Å². The number of carbonyl (C=O) groups excluding carboxylic acids is 1. The zero-order valence-electron chi connectivity index (χ0n) is 13.5. The summed E-state index contributed by atoms with van der Waals surface area (Å²) in [4.78, 5) is 14.9. The third-order valence-electron chi connectivity index (χ3n) is 4.45. The highest BCUT2D eigenvalue weighted by Crippen LogP contribution is 2.29. The van der Waals surface area contributed by atoms with E-state index in [1.807, 2.05) is 48.3 Å². The standard InChI is InChI=1S/C18H22N2O2.ClH/c1-19-13-6-5-11-20(12-13)18(21)16-9-10-17(22-2)15-8-4-3-7-14(15)16;/h3-4,7-10,13,19H,5-6,11-12H2,1-2H3;1H. The fourth-order valence-corrected chi connectivity index (χ4v) is 3.20. The van der Waals surface area contributed by atoms with Crippen LogP contribution in [0.4, 0.5) is 0 Å². The van der Waals surface area contributed by atoms with Crippen LogP contribution < -0.4 is 10.1 Å². The number of rotatable bonds is 3. The molecule has 2 aromatic carbocycles. The molecule has 1 N–H and O–H groups in total. The monoisotopic (exact) mass is 334 g/mol. The minimum absolute atomic E-state index is 0. The summed E-state index contributed by atoms with van der Waals surface area (Å²) in [5, 5.41) is 5.22. The molecular formula is C18H23ClN2O2. The average molecular weight is 335 g/mol. The average Bonchev–Trinajstić information content (AvgIpc) is 2.60. The van der Waals surface area contributed by atoms with Crippen LogP contribution in [0.2, 0.25) is 0 Å². The molecule has 0 bridgehead atoms. The Labute approximate surface area is 143 Å². The number of halogens is 1. The van der Waals surface area contributed by atoms with Crippen LogP contribution in [-0.4, -0.2) is 44.1 Å². The molecule has 0 aromatic heterocycles. The van der Waals surface area contributed by atoms with Gasteiger partial charge < -0.3 is 15.0 Å². The van der Waals surface area contributed by atoms with Crippen molar-refractivity contribution in [2.75, 3.05) is 27.2 Å². The molecule has 0 saturated carbocycles. The number of fused-ring (bicyclic) bond motifs is 1. The van der Waals surface area contributed by atoms with Crippen molar-refractivity contribution >= 4 is 29.1 Å². The van der Waals surface area contributed by atoms with Gasteiger partial charge in [-0.05, 0) is 37.4 Å². The van der Waals surface area contributed by atoms with Gasteiger partial charge in [0.1, 0.15) is 5.75 Å². The molecule has 1 heterocycles. The second-order valence-electron chi connectivity index (χ2n) is 5.74. The number of amides is 1. The quantitative estimate of drug-likeness (QED) is 0.937. The first-order valence-electron chi connectivity index (χ1n) is 7.77. The lowest BCUT2D eigenvalue weighted by Gasteiger charge is -2.33. The summed E-state index contributed by atoms with van der Waals surface area (Å²) >= 11 is 0. The van der Waals surface area contributed by atoms with E-state index in [1.165, 1.54) is 0 Å². The Hall–Kier alpha value is -1.78. The van der Waals surface area contributed by atoms with Crippen molar-refractivity contribution < 1.29 is 9.53 Å². The number of hydrogen-bond donors (Lipinski definition) is 1. The van der Waals surface area contributed by atoms with E-state index in [2.05, 4.69) is 5.32 Å². The van der Waals surface area contributed by atoms with E-state index in [0.29, 0.717) is 6.04 Å². The third kappa shape index (κ3) is 3.43. The van der Waals surface area contributed by atoms with Crippen molar-refractivity contribution in [1.82, 2.24) is 10.2 Å². The van der Waals surface area contributed by atoms with Gasteiger partial charge in [0.25, 0.3) is 5.91 Å². The normalized spacial score (nSPS) is 17.7. The molecule has 1 aliphatic heterocycles. The Morgan fingerprint density at radius 2 is 1.96 bits per heavy atom. The van der Waals surface area contributed by atoms with Crippen molar-refractivity contribution in [2.45, 2.75) is 18.9 Å². The smallest absolute Gasteiger partial charge is 0.254 e. The molecule has 124 valence electrons.